The summed E-state index contributed by atoms with van der Waals surface area (Å²) < 4.78 is 1.76. The van der Waals surface area contributed by atoms with E-state index in [2.05, 4.69) is 10.1 Å². The first-order valence-corrected chi connectivity index (χ1v) is 6.41. The number of fused-ring (bicyclic) bond motifs is 1. The summed E-state index contributed by atoms with van der Waals surface area (Å²) in [5.74, 6) is 0.774. The lowest BCUT2D eigenvalue weighted by Gasteiger charge is -1.97. The number of hydrogen-bond acceptors (Lipinski definition) is 3. The predicted octanol–water partition coefficient (Wildman–Crippen LogP) is 2.43. The monoisotopic (exact) mass is 272 g/mol. The van der Waals surface area contributed by atoms with E-state index in [9.17, 15) is 0 Å². The Labute approximate surface area is 115 Å². The maximum absolute atomic E-state index is 5.97. The molecule has 0 aliphatic rings. The zero-order chi connectivity index (χ0) is 13.2. The van der Waals surface area contributed by atoms with Crippen molar-refractivity contribution in [3.05, 3.63) is 64.6 Å². The van der Waals surface area contributed by atoms with Crippen molar-refractivity contribution in [1.82, 2.24) is 14.6 Å². The predicted molar refractivity (Wildman–Crippen MR) is 75.1 cm³/mol. The Balaban J connectivity index is 1.93. The maximum Gasteiger partial charge on any atom is 0.156 e. The highest BCUT2D eigenvalue weighted by atomic mass is 35.5. The van der Waals surface area contributed by atoms with Gasteiger partial charge in [-0.2, -0.15) is 5.10 Å². The first kappa shape index (κ1) is 12.1. The van der Waals surface area contributed by atoms with Gasteiger partial charge in [-0.15, -0.1) is 0 Å². The Morgan fingerprint density at radius 1 is 1.16 bits per heavy atom. The maximum atomic E-state index is 5.97. The van der Waals surface area contributed by atoms with E-state index in [1.807, 2.05) is 42.6 Å². The molecule has 0 unspecified atom stereocenters. The van der Waals surface area contributed by atoms with Crippen molar-refractivity contribution in [1.29, 1.82) is 0 Å². The fourth-order valence-electron chi connectivity index (χ4n) is 2.00. The van der Waals surface area contributed by atoms with Gasteiger partial charge in [0.15, 0.2) is 11.5 Å². The Morgan fingerprint density at radius 2 is 2.05 bits per heavy atom. The minimum atomic E-state index is 0.507. The van der Waals surface area contributed by atoms with Crippen LogP contribution in [0.2, 0.25) is 5.02 Å². The molecule has 0 spiro atoms. The standard InChI is InChI=1S/C14H13ClN4/c15-12-3-1-2-10(6-12)7-13-17-14-8-11(9-16)4-5-19(14)18-13/h1-6,8H,7,9,16H2. The van der Waals surface area contributed by atoms with Gasteiger partial charge in [-0.05, 0) is 35.4 Å². The van der Waals surface area contributed by atoms with Gasteiger partial charge in [0, 0.05) is 24.2 Å². The van der Waals surface area contributed by atoms with Gasteiger partial charge in [0.25, 0.3) is 0 Å². The highest BCUT2D eigenvalue weighted by Crippen LogP contribution is 2.14. The Kier molecular flexibility index (Phi) is 3.19. The lowest BCUT2D eigenvalue weighted by Crippen LogP contribution is -1.97. The summed E-state index contributed by atoms with van der Waals surface area (Å²) in [5, 5.41) is 5.16. The SMILES string of the molecule is NCc1ccn2nc(Cc3cccc(Cl)c3)nc2c1. The van der Waals surface area contributed by atoms with Gasteiger partial charge in [0.1, 0.15) is 0 Å². The largest absolute Gasteiger partial charge is 0.326 e. The third-order valence-electron chi connectivity index (χ3n) is 2.93. The molecule has 0 atom stereocenters. The van der Waals surface area contributed by atoms with Crippen LogP contribution in [-0.2, 0) is 13.0 Å². The molecule has 2 aromatic heterocycles. The number of pyridine rings is 1. The van der Waals surface area contributed by atoms with Crippen LogP contribution in [0, 0.1) is 0 Å². The summed E-state index contributed by atoms with van der Waals surface area (Å²) >= 11 is 5.97. The number of aromatic nitrogens is 3. The molecule has 0 saturated heterocycles. The number of benzene rings is 1. The molecule has 2 heterocycles. The molecular formula is C14H13ClN4. The smallest absolute Gasteiger partial charge is 0.156 e. The van der Waals surface area contributed by atoms with Crippen molar-refractivity contribution in [3.8, 4) is 0 Å². The lowest BCUT2D eigenvalue weighted by atomic mass is 10.1. The number of hydrogen-bond donors (Lipinski definition) is 1. The van der Waals surface area contributed by atoms with E-state index >= 15 is 0 Å². The number of halogens is 1. The van der Waals surface area contributed by atoms with Crippen LogP contribution in [-0.4, -0.2) is 14.6 Å². The fourth-order valence-corrected chi connectivity index (χ4v) is 2.21. The normalized spacial score (nSPS) is 11.1. The summed E-state index contributed by atoms with van der Waals surface area (Å²) in [5.41, 5.74) is 8.58. The quantitative estimate of drug-likeness (QED) is 0.797. The van der Waals surface area contributed by atoms with Crippen LogP contribution in [0.3, 0.4) is 0 Å². The molecule has 0 aliphatic heterocycles. The van der Waals surface area contributed by atoms with E-state index < -0.39 is 0 Å². The third-order valence-corrected chi connectivity index (χ3v) is 3.17. The van der Waals surface area contributed by atoms with Crippen molar-refractivity contribution < 1.29 is 0 Å². The van der Waals surface area contributed by atoms with E-state index in [1.54, 1.807) is 4.52 Å². The van der Waals surface area contributed by atoms with Gasteiger partial charge in [-0.25, -0.2) is 9.50 Å². The van der Waals surface area contributed by atoms with Crippen LogP contribution < -0.4 is 5.73 Å². The molecule has 0 saturated carbocycles. The average molecular weight is 273 g/mol. The number of rotatable bonds is 3. The summed E-state index contributed by atoms with van der Waals surface area (Å²) in [4.78, 5) is 4.50. The second-order valence-corrected chi connectivity index (χ2v) is 4.81. The van der Waals surface area contributed by atoms with Crippen molar-refractivity contribution in [2.75, 3.05) is 0 Å². The highest BCUT2D eigenvalue weighted by molar-refractivity contribution is 6.30. The molecule has 0 amide bonds. The van der Waals surface area contributed by atoms with Crippen molar-refractivity contribution >= 4 is 17.2 Å². The van der Waals surface area contributed by atoms with Gasteiger partial charge < -0.3 is 5.73 Å². The number of nitrogens with two attached hydrogens (primary N) is 1. The van der Waals surface area contributed by atoms with Crippen LogP contribution >= 0.6 is 11.6 Å². The molecule has 2 N–H and O–H groups in total. The zero-order valence-electron chi connectivity index (χ0n) is 10.3. The van der Waals surface area contributed by atoms with Gasteiger partial charge >= 0.3 is 0 Å². The van der Waals surface area contributed by atoms with Crippen LogP contribution in [0.1, 0.15) is 17.0 Å². The fraction of sp³-hybridized carbons (Fsp3) is 0.143. The Hall–Kier alpha value is -1.91. The summed E-state index contributed by atoms with van der Waals surface area (Å²) in [6.45, 7) is 0.507. The molecule has 3 rings (SSSR count). The Bertz CT molecular complexity index is 720. The lowest BCUT2D eigenvalue weighted by molar-refractivity contribution is 0.895. The molecule has 1 aromatic carbocycles. The molecule has 3 aromatic rings. The van der Waals surface area contributed by atoms with Gasteiger partial charge in [0.05, 0.1) is 0 Å². The van der Waals surface area contributed by atoms with Crippen molar-refractivity contribution in [3.63, 3.8) is 0 Å². The average Bonchev–Trinajstić information content (AvgIpc) is 2.79. The first-order valence-electron chi connectivity index (χ1n) is 6.03. The first-order chi connectivity index (χ1) is 9.24. The van der Waals surface area contributed by atoms with E-state index in [0.29, 0.717) is 13.0 Å². The molecule has 19 heavy (non-hydrogen) atoms. The molecule has 5 heteroatoms. The minimum absolute atomic E-state index is 0.507. The highest BCUT2D eigenvalue weighted by Gasteiger charge is 2.05. The van der Waals surface area contributed by atoms with Gasteiger partial charge in [-0.3, -0.25) is 0 Å². The molecule has 0 aliphatic carbocycles. The van der Waals surface area contributed by atoms with E-state index in [1.165, 1.54) is 0 Å². The molecule has 0 bridgehead atoms. The topological polar surface area (TPSA) is 56.2 Å². The van der Waals surface area contributed by atoms with Gasteiger partial charge in [-0.1, -0.05) is 23.7 Å². The summed E-state index contributed by atoms with van der Waals surface area (Å²) in [7, 11) is 0. The zero-order valence-corrected chi connectivity index (χ0v) is 11.0. The van der Waals surface area contributed by atoms with E-state index in [4.69, 9.17) is 17.3 Å². The van der Waals surface area contributed by atoms with Crippen LogP contribution in [0.25, 0.3) is 5.65 Å². The minimum Gasteiger partial charge on any atom is -0.326 e. The van der Waals surface area contributed by atoms with Crippen LogP contribution in [0.4, 0.5) is 0 Å². The molecular weight excluding hydrogens is 260 g/mol. The van der Waals surface area contributed by atoms with Crippen LogP contribution in [0.15, 0.2) is 42.6 Å². The van der Waals surface area contributed by atoms with E-state index in [-0.39, 0.29) is 0 Å². The van der Waals surface area contributed by atoms with Crippen molar-refractivity contribution in [2.24, 2.45) is 5.73 Å². The Morgan fingerprint density at radius 3 is 2.84 bits per heavy atom. The van der Waals surface area contributed by atoms with Crippen LogP contribution in [0.5, 0.6) is 0 Å². The van der Waals surface area contributed by atoms with Gasteiger partial charge in [0.2, 0.25) is 0 Å². The summed E-state index contributed by atoms with van der Waals surface area (Å²) in [6, 6.07) is 11.6. The molecule has 0 fully saturated rings. The second-order valence-electron chi connectivity index (χ2n) is 4.38. The molecule has 4 nitrogen and oxygen atoms in total. The summed E-state index contributed by atoms with van der Waals surface area (Å²) in [6.07, 6.45) is 2.55. The second kappa shape index (κ2) is 4.99. The van der Waals surface area contributed by atoms with Crippen molar-refractivity contribution in [2.45, 2.75) is 13.0 Å². The van der Waals surface area contributed by atoms with E-state index in [0.717, 1.165) is 27.6 Å². The molecule has 0 radical (unpaired) electrons. The number of nitrogens with zero attached hydrogens (tertiary/aromatic N) is 3. The third kappa shape index (κ3) is 2.59. The molecule has 96 valence electrons.